The number of carbonyl (C=O) groups is 1. The van der Waals surface area contributed by atoms with Gasteiger partial charge < -0.3 is 25.0 Å². The number of amides is 1. The van der Waals surface area contributed by atoms with Gasteiger partial charge in [0.25, 0.3) is 0 Å². The Kier molecular flexibility index (Phi) is 7.29. The van der Waals surface area contributed by atoms with Crippen LogP contribution in [0.5, 0.6) is 5.75 Å². The molecule has 0 aliphatic carbocycles. The van der Waals surface area contributed by atoms with E-state index in [1.165, 1.54) is 5.56 Å². The predicted molar refractivity (Wildman–Crippen MR) is 103 cm³/mol. The minimum atomic E-state index is 0.0881. The van der Waals surface area contributed by atoms with Crippen LogP contribution in [-0.2, 0) is 11.2 Å². The first-order valence-corrected chi connectivity index (χ1v) is 9.86. The molecule has 1 amide bonds. The molecule has 6 nitrogen and oxygen atoms in total. The number of ether oxygens (including phenoxy) is 1. The van der Waals surface area contributed by atoms with Gasteiger partial charge in [-0.25, -0.2) is 0 Å². The smallest absolute Gasteiger partial charge is 0.224 e. The van der Waals surface area contributed by atoms with E-state index < -0.39 is 0 Å². The van der Waals surface area contributed by atoms with E-state index >= 15 is 0 Å². The van der Waals surface area contributed by atoms with Crippen LogP contribution in [0, 0.1) is 0 Å². The highest BCUT2D eigenvalue weighted by atomic mass is 16.5. The number of fused-ring (bicyclic) bond motifs is 1. The summed E-state index contributed by atoms with van der Waals surface area (Å²) in [4.78, 5) is 16.5. The summed E-state index contributed by atoms with van der Waals surface area (Å²) in [6.45, 7) is 7.64. The lowest BCUT2D eigenvalue weighted by molar-refractivity contribution is -0.116. The lowest BCUT2D eigenvalue weighted by Gasteiger charge is -2.34. The SMILES string of the molecule is O=C1CCc2ccc(OCCCN3CCN(CCCCO)CC3)cc2N1. The predicted octanol–water partition coefficient (Wildman–Crippen LogP) is 1.73. The fraction of sp³-hybridized carbons (Fsp3) is 0.650. The molecule has 0 unspecified atom stereocenters. The van der Waals surface area contributed by atoms with Gasteiger partial charge in [0.05, 0.1) is 6.61 Å². The normalized spacial score (nSPS) is 18.4. The van der Waals surface area contributed by atoms with Gasteiger partial charge in [-0.15, -0.1) is 0 Å². The Morgan fingerprint density at radius 1 is 1.00 bits per heavy atom. The Morgan fingerprint density at radius 2 is 1.73 bits per heavy atom. The second-order valence-electron chi connectivity index (χ2n) is 7.18. The zero-order chi connectivity index (χ0) is 18.2. The molecule has 26 heavy (non-hydrogen) atoms. The number of unbranched alkanes of at least 4 members (excludes halogenated alkanes) is 1. The van der Waals surface area contributed by atoms with Crippen molar-refractivity contribution < 1.29 is 14.6 Å². The van der Waals surface area contributed by atoms with Crippen molar-refractivity contribution in [3.8, 4) is 5.75 Å². The largest absolute Gasteiger partial charge is 0.493 e. The third-order valence-corrected chi connectivity index (χ3v) is 5.21. The summed E-state index contributed by atoms with van der Waals surface area (Å²) in [6.07, 6.45) is 4.39. The summed E-state index contributed by atoms with van der Waals surface area (Å²) in [6, 6.07) is 6.00. The van der Waals surface area contributed by atoms with Crippen LogP contribution in [0.4, 0.5) is 5.69 Å². The topological polar surface area (TPSA) is 65.0 Å². The van der Waals surface area contributed by atoms with Gasteiger partial charge in [-0.05, 0) is 43.9 Å². The molecule has 6 heteroatoms. The molecule has 0 radical (unpaired) electrons. The van der Waals surface area contributed by atoms with E-state index in [9.17, 15) is 4.79 Å². The van der Waals surface area contributed by atoms with Gasteiger partial charge >= 0.3 is 0 Å². The first-order valence-electron chi connectivity index (χ1n) is 9.86. The molecule has 1 fully saturated rings. The number of benzene rings is 1. The number of nitrogens with zero attached hydrogens (tertiary/aromatic N) is 2. The van der Waals surface area contributed by atoms with Gasteiger partial charge in [0.15, 0.2) is 0 Å². The van der Waals surface area contributed by atoms with Crippen LogP contribution in [0.15, 0.2) is 18.2 Å². The number of hydrogen-bond donors (Lipinski definition) is 2. The summed E-state index contributed by atoms with van der Waals surface area (Å²) >= 11 is 0. The third kappa shape index (κ3) is 5.69. The fourth-order valence-electron chi connectivity index (χ4n) is 3.60. The molecule has 2 N–H and O–H groups in total. The van der Waals surface area contributed by atoms with Gasteiger partial charge in [0.1, 0.15) is 5.75 Å². The number of aryl methyl sites for hydroxylation is 1. The molecule has 0 bridgehead atoms. The van der Waals surface area contributed by atoms with Crippen LogP contribution >= 0.6 is 0 Å². The van der Waals surface area contributed by atoms with Crippen molar-refractivity contribution in [3.63, 3.8) is 0 Å². The molecule has 1 saturated heterocycles. The summed E-state index contributed by atoms with van der Waals surface area (Å²) < 4.78 is 5.87. The molecule has 2 aliphatic heterocycles. The van der Waals surface area contributed by atoms with Crippen molar-refractivity contribution in [2.75, 3.05) is 57.8 Å². The van der Waals surface area contributed by atoms with E-state index in [1.54, 1.807) is 0 Å². The Balaban J connectivity index is 1.31. The van der Waals surface area contributed by atoms with E-state index in [0.29, 0.717) is 19.6 Å². The summed E-state index contributed by atoms with van der Waals surface area (Å²) in [5, 5.41) is 11.8. The monoisotopic (exact) mass is 361 g/mol. The Hall–Kier alpha value is -1.63. The van der Waals surface area contributed by atoms with Crippen molar-refractivity contribution in [2.45, 2.75) is 32.1 Å². The maximum atomic E-state index is 11.5. The molecule has 2 aliphatic rings. The molecule has 0 saturated carbocycles. The molecule has 144 valence electrons. The molecule has 0 aromatic heterocycles. The summed E-state index contributed by atoms with van der Waals surface area (Å²) in [5.74, 6) is 0.921. The number of anilines is 1. The van der Waals surface area contributed by atoms with Crippen molar-refractivity contribution in [3.05, 3.63) is 23.8 Å². The highest BCUT2D eigenvalue weighted by molar-refractivity contribution is 5.94. The highest BCUT2D eigenvalue weighted by Gasteiger charge is 2.17. The number of rotatable bonds is 9. The Bertz CT molecular complexity index is 586. The third-order valence-electron chi connectivity index (χ3n) is 5.21. The summed E-state index contributed by atoms with van der Waals surface area (Å²) in [5.41, 5.74) is 2.09. The molecule has 1 aromatic carbocycles. The number of aliphatic hydroxyl groups excluding tert-OH is 1. The number of carbonyl (C=O) groups excluding carboxylic acids is 1. The Morgan fingerprint density at radius 3 is 2.46 bits per heavy atom. The number of aliphatic hydroxyl groups is 1. The van der Waals surface area contributed by atoms with Gasteiger partial charge in [0.2, 0.25) is 5.91 Å². The molecule has 0 atom stereocenters. The first-order chi connectivity index (χ1) is 12.7. The number of hydrogen-bond acceptors (Lipinski definition) is 5. The molecule has 3 rings (SSSR count). The molecular weight excluding hydrogens is 330 g/mol. The maximum absolute atomic E-state index is 11.5. The lowest BCUT2D eigenvalue weighted by atomic mass is 10.0. The molecular formula is C20H31N3O3. The van der Waals surface area contributed by atoms with Gasteiger partial charge in [-0.3, -0.25) is 4.79 Å². The van der Waals surface area contributed by atoms with Crippen LogP contribution in [0.3, 0.4) is 0 Å². The average Bonchev–Trinajstić information content (AvgIpc) is 2.66. The van der Waals surface area contributed by atoms with Crippen LogP contribution in [-0.4, -0.2) is 73.3 Å². The second kappa shape index (κ2) is 9.90. The van der Waals surface area contributed by atoms with Crippen molar-refractivity contribution in [1.29, 1.82) is 0 Å². The minimum Gasteiger partial charge on any atom is -0.493 e. The van der Waals surface area contributed by atoms with E-state index in [-0.39, 0.29) is 5.91 Å². The minimum absolute atomic E-state index is 0.0881. The average molecular weight is 361 g/mol. The zero-order valence-corrected chi connectivity index (χ0v) is 15.6. The van der Waals surface area contributed by atoms with E-state index in [2.05, 4.69) is 21.2 Å². The Labute approximate surface area is 156 Å². The summed E-state index contributed by atoms with van der Waals surface area (Å²) in [7, 11) is 0. The highest BCUT2D eigenvalue weighted by Crippen LogP contribution is 2.27. The van der Waals surface area contributed by atoms with Crippen LogP contribution in [0.1, 0.15) is 31.2 Å². The van der Waals surface area contributed by atoms with Crippen molar-refractivity contribution in [1.82, 2.24) is 9.80 Å². The quantitative estimate of drug-likeness (QED) is 0.656. The van der Waals surface area contributed by atoms with Crippen LogP contribution in [0.25, 0.3) is 0 Å². The molecule has 0 spiro atoms. The fourth-order valence-corrected chi connectivity index (χ4v) is 3.60. The second-order valence-corrected chi connectivity index (χ2v) is 7.18. The maximum Gasteiger partial charge on any atom is 0.224 e. The van der Waals surface area contributed by atoms with Crippen LogP contribution < -0.4 is 10.1 Å². The van der Waals surface area contributed by atoms with Crippen molar-refractivity contribution >= 4 is 11.6 Å². The van der Waals surface area contributed by atoms with Gasteiger partial charge in [-0.1, -0.05) is 6.07 Å². The van der Waals surface area contributed by atoms with E-state index in [0.717, 1.165) is 76.4 Å². The number of piperazine rings is 1. The zero-order valence-electron chi connectivity index (χ0n) is 15.6. The van der Waals surface area contributed by atoms with E-state index in [1.807, 2.05) is 12.1 Å². The van der Waals surface area contributed by atoms with Gasteiger partial charge in [-0.2, -0.15) is 0 Å². The lowest BCUT2D eigenvalue weighted by Crippen LogP contribution is -2.46. The van der Waals surface area contributed by atoms with Gasteiger partial charge in [0, 0.05) is 57.5 Å². The molecule has 1 aromatic rings. The first kappa shape index (κ1) is 19.1. The number of nitrogens with one attached hydrogen (secondary N) is 1. The standard InChI is InChI=1S/C20H31N3O3/c24-14-2-1-8-22-10-12-23(13-11-22)9-3-15-26-18-6-4-17-5-7-20(25)21-19(17)16-18/h4,6,16,24H,1-3,5,7-15H2,(H,21,25). The van der Waals surface area contributed by atoms with Crippen LogP contribution in [0.2, 0.25) is 0 Å². The van der Waals surface area contributed by atoms with E-state index in [4.69, 9.17) is 9.84 Å². The van der Waals surface area contributed by atoms with Crippen molar-refractivity contribution in [2.24, 2.45) is 0 Å². The molecule has 2 heterocycles.